The van der Waals surface area contributed by atoms with Crippen molar-refractivity contribution in [2.75, 3.05) is 19.7 Å². The van der Waals surface area contributed by atoms with E-state index < -0.39 is 133 Å². The van der Waals surface area contributed by atoms with Gasteiger partial charge in [0.05, 0.1) is 25.4 Å². The molecule has 0 fully saturated rings. The summed E-state index contributed by atoms with van der Waals surface area (Å²) in [5.41, 5.74) is 27.3. The third-order valence-electron chi connectivity index (χ3n) is 9.73. The SMILES string of the molecule is CC[C@H](C)[C@H](NC(=O)[C@@H](CCCN=C(N)N)NC(=O)[C@H](CC(C)C)NC(=O)[C@@H](N)[C@H](O)C(C)C)C(=O)N[C@H](C(=O)NCC(=O)N(C(=O)[C@@H](N)[C@H](O)C(N)=O)[C@@H](CO)C(=O)O)[C@H](C)O. The number of imide groups is 1. The van der Waals surface area contributed by atoms with Gasteiger partial charge in [0.1, 0.15) is 36.3 Å². The lowest BCUT2D eigenvalue weighted by Crippen LogP contribution is -2.63. The first-order valence-electron chi connectivity index (χ1n) is 20.2. The molecule has 20 N–H and O–H groups in total. The van der Waals surface area contributed by atoms with E-state index >= 15 is 0 Å². The van der Waals surface area contributed by atoms with Crippen molar-refractivity contribution >= 4 is 59.2 Å². The molecule has 360 valence electrons. The normalized spacial score (nSPS) is 16.6. The van der Waals surface area contributed by atoms with Gasteiger partial charge >= 0.3 is 5.97 Å². The number of carboxylic acid groups (broad SMARTS) is 1. The molecular formula is C37H68N12O14. The van der Waals surface area contributed by atoms with Crippen LogP contribution in [0.2, 0.25) is 0 Å². The number of rotatable bonds is 28. The third-order valence-corrected chi connectivity index (χ3v) is 9.73. The number of hydrogen-bond acceptors (Lipinski definition) is 16. The first kappa shape index (κ1) is 57.5. The van der Waals surface area contributed by atoms with Crippen molar-refractivity contribution in [2.45, 2.75) is 135 Å². The first-order valence-corrected chi connectivity index (χ1v) is 20.2. The van der Waals surface area contributed by atoms with Crippen molar-refractivity contribution in [2.24, 2.45) is 51.4 Å². The van der Waals surface area contributed by atoms with Gasteiger partial charge in [0, 0.05) is 6.54 Å². The van der Waals surface area contributed by atoms with Crippen LogP contribution >= 0.6 is 0 Å². The number of amides is 8. The molecule has 26 heteroatoms. The van der Waals surface area contributed by atoms with Crippen molar-refractivity contribution in [1.82, 2.24) is 31.5 Å². The largest absolute Gasteiger partial charge is 0.480 e. The molecule has 11 atom stereocenters. The number of aliphatic imine (C=N–C) groups is 1. The van der Waals surface area contributed by atoms with Gasteiger partial charge in [-0.15, -0.1) is 0 Å². The van der Waals surface area contributed by atoms with Crippen molar-refractivity contribution in [3.8, 4) is 0 Å². The van der Waals surface area contributed by atoms with Crippen molar-refractivity contribution in [1.29, 1.82) is 0 Å². The number of hydrogen-bond donors (Lipinski definition) is 15. The molecule has 0 bridgehead atoms. The van der Waals surface area contributed by atoms with Gasteiger partial charge in [0.2, 0.25) is 47.3 Å². The number of aliphatic hydroxyl groups is 4. The molecule has 0 heterocycles. The summed E-state index contributed by atoms with van der Waals surface area (Å²) in [5.74, 6) is -12.8. The minimum atomic E-state index is -2.38. The zero-order chi connectivity index (χ0) is 49.0. The number of aliphatic hydroxyl groups excluding tert-OH is 4. The smallest absolute Gasteiger partial charge is 0.329 e. The zero-order valence-electron chi connectivity index (χ0n) is 36.6. The fraction of sp³-hybridized carbons (Fsp3) is 0.730. The highest BCUT2D eigenvalue weighted by Gasteiger charge is 2.41. The first-order chi connectivity index (χ1) is 29.1. The molecule has 0 aliphatic carbocycles. The molecule has 0 rings (SSSR count). The Bertz CT molecular complexity index is 1630. The van der Waals surface area contributed by atoms with Gasteiger partial charge in [-0.2, -0.15) is 0 Å². The zero-order valence-corrected chi connectivity index (χ0v) is 36.6. The maximum absolute atomic E-state index is 13.9. The lowest BCUT2D eigenvalue weighted by molar-refractivity contribution is -0.161. The second-order valence-electron chi connectivity index (χ2n) is 15.8. The van der Waals surface area contributed by atoms with E-state index in [-0.39, 0.29) is 54.9 Å². The van der Waals surface area contributed by atoms with Crippen LogP contribution in [0.15, 0.2) is 4.99 Å². The van der Waals surface area contributed by atoms with Crippen molar-refractivity contribution in [3.05, 3.63) is 0 Å². The van der Waals surface area contributed by atoms with Crippen LogP contribution in [0.1, 0.15) is 74.1 Å². The lowest BCUT2D eigenvalue weighted by Gasteiger charge is -2.30. The van der Waals surface area contributed by atoms with Gasteiger partial charge in [0.25, 0.3) is 0 Å². The molecule has 26 nitrogen and oxygen atoms in total. The minimum Gasteiger partial charge on any atom is -0.480 e. The maximum Gasteiger partial charge on any atom is 0.329 e. The monoisotopic (exact) mass is 904 g/mol. The molecular weight excluding hydrogens is 836 g/mol. The van der Waals surface area contributed by atoms with Crippen LogP contribution in [0.4, 0.5) is 0 Å². The Morgan fingerprint density at radius 1 is 0.714 bits per heavy atom. The van der Waals surface area contributed by atoms with E-state index in [1.165, 1.54) is 0 Å². The fourth-order valence-corrected chi connectivity index (χ4v) is 5.74. The predicted molar refractivity (Wildman–Crippen MR) is 224 cm³/mol. The van der Waals surface area contributed by atoms with Gasteiger partial charge in [-0.1, -0.05) is 48.0 Å². The van der Waals surface area contributed by atoms with Crippen LogP contribution in [-0.2, 0) is 43.2 Å². The summed E-state index contributed by atoms with van der Waals surface area (Å²) >= 11 is 0. The summed E-state index contributed by atoms with van der Waals surface area (Å²) in [4.78, 5) is 121. The summed E-state index contributed by atoms with van der Waals surface area (Å²) in [6.45, 7) is 8.66. The lowest BCUT2D eigenvalue weighted by atomic mass is 9.96. The Labute approximate surface area is 364 Å². The van der Waals surface area contributed by atoms with E-state index in [1.54, 1.807) is 41.5 Å². The maximum atomic E-state index is 13.9. The number of guanidine groups is 1. The van der Waals surface area contributed by atoms with E-state index in [9.17, 15) is 68.7 Å². The molecule has 8 amide bonds. The standard InChI is InChI=1S/C37H68N12O14/c1-8-17(6)25(34(60)48-26(18(7)51)33(59)44-13-22(52)49(21(14-50)36(62)63)35(61)24(39)28(54)29(40)55)47-30(56)19(10-9-11-43-37(41)42)45-31(57)20(12-15(2)3)46-32(58)23(38)27(53)16(4)5/h15-21,23-28,50-51,53-54H,8-14,38-39H2,1-7H3,(H2,40,55)(H,44,59)(H,45,57)(H,46,58)(H,47,56)(H,48,60)(H,62,63)(H4,41,42,43)/t17-,18-,19+,20-,21-,23-,24-,25-,26-,27+,28-/m0/s1. The molecule has 63 heavy (non-hydrogen) atoms. The van der Waals surface area contributed by atoms with Crippen LogP contribution in [0.3, 0.4) is 0 Å². The van der Waals surface area contributed by atoms with Crippen molar-refractivity contribution < 1.29 is 68.7 Å². The van der Waals surface area contributed by atoms with E-state index in [0.29, 0.717) is 0 Å². The number of carbonyl (C=O) groups is 9. The van der Waals surface area contributed by atoms with Crippen molar-refractivity contribution in [3.63, 3.8) is 0 Å². The van der Waals surface area contributed by atoms with Crippen LogP contribution in [0.5, 0.6) is 0 Å². The number of nitrogens with zero attached hydrogens (tertiary/aromatic N) is 2. The predicted octanol–water partition coefficient (Wildman–Crippen LogP) is -7.11. The molecule has 0 saturated carbocycles. The average Bonchev–Trinajstić information content (AvgIpc) is 3.20. The Kier molecular flexibility index (Phi) is 25.1. The van der Waals surface area contributed by atoms with E-state index in [4.69, 9.17) is 28.7 Å². The van der Waals surface area contributed by atoms with Crippen LogP contribution in [0, 0.1) is 17.8 Å². The van der Waals surface area contributed by atoms with Gasteiger partial charge in [0.15, 0.2) is 18.1 Å². The number of carboxylic acids is 1. The molecule has 0 saturated heterocycles. The average molecular weight is 905 g/mol. The number of nitrogens with two attached hydrogens (primary N) is 5. The second kappa shape index (κ2) is 27.5. The van der Waals surface area contributed by atoms with Crippen LogP contribution < -0.4 is 55.3 Å². The van der Waals surface area contributed by atoms with Gasteiger partial charge < -0.3 is 80.8 Å². The summed E-state index contributed by atoms with van der Waals surface area (Å²) < 4.78 is 0. The molecule has 0 aliphatic rings. The fourth-order valence-electron chi connectivity index (χ4n) is 5.74. The minimum absolute atomic E-state index is 0.0318. The topological polar surface area (TPSA) is 461 Å². The third kappa shape index (κ3) is 18.8. The molecule has 0 unspecified atom stereocenters. The number of carbonyl (C=O) groups excluding carboxylic acids is 8. The molecule has 0 aromatic rings. The quantitative estimate of drug-likeness (QED) is 0.0197. The van der Waals surface area contributed by atoms with E-state index in [1.807, 2.05) is 5.32 Å². The second-order valence-corrected chi connectivity index (χ2v) is 15.8. The Morgan fingerprint density at radius 3 is 1.71 bits per heavy atom. The van der Waals surface area contributed by atoms with E-state index in [2.05, 4.69) is 26.3 Å². The highest BCUT2D eigenvalue weighted by atomic mass is 16.4. The highest BCUT2D eigenvalue weighted by Crippen LogP contribution is 2.13. The summed E-state index contributed by atoms with van der Waals surface area (Å²) in [6, 6.07) is -11.8. The van der Waals surface area contributed by atoms with E-state index in [0.717, 1.165) is 6.92 Å². The Morgan fingerprint density at radius 2 is 1.25 bits per heavy atom. The number of nitrogens with one attached hydrogen (secondary N) is 5. The Hall–Kier alpha value is -5.54. The molecule has 0 aromatic heterocycles. The van der Waals surface area contributed by atoms with Crippen LogP contribution in [-0.4, -0.2) is 170 Å². The summed E-state index contributed by atoms with van der Waals surface area (Å²) in [7, 11) is 0. The molecule has 0 spiro atoms. The van der Waals surface area contributed by atoms with Gasteiger partial charge in [-0.3, -0.25) is 48.2 Å². The summed E-state index contributed by atoms with van der Waals surface area (Å²) in [5, 5.41) is 61.9. The molecule has 0 aromatic carbocycles. The Balaban J connectivity index is 6.53. The molecule has 0 aliphatic heterocycles. The van der Waals surface area contributed by atoms with Gasteiger partial charge in [-0.25, -0.2) is 4.79 Å². The highest BCUT2D eigenvalue weighted by molar-refractivity contribution is 6.05. The molecule has 0 radical (unpaired) electrons. The van der Waals surface area contributed by atoms with Gasteiger partial charge in [-0.05, 0) is 43.9 Å². The number of primary amides is 1. The summed E-state index contributed by atoms with van der Waals surface area (Å²) in [6.07, 6.45) is -4.90. The number of aliphatic carboxylic acids is 1. The van der Waals surface area contributed by atoms with Crippen LogP contribution in [0.25, 0.3) is 0 Å².